The maximum atomic E-state index is 12.6. The van der Waals surface area contributed by atoms with Gasteiger partial charge in [0.1, 0.15) is 0 Å². The summed E-state index contributed by atoms with van der Waals surface area (Å²) >= 11 is 0. The molecule has 0 aromatic heterocycles. The lowest BCUT2D eigenvalue weighted by atomic mass is 10.1. The Bertz CT molecular complexity index is 514. The van der Waals surface area contributed by atoms with Crippen molar-refractivity contribution in [2.24, 2.45) is 10.9 Å². The van der Waals surface area contributed by atoms with Crippen molar-refractivity contribution in [3.63, 3.8) is 0 Å². The average Bonchev–Trinajstić information content (AvgIpc) is 2.46. The highest BCUT2D eigenvalue weighted by Crippen LogP contribution is 2.11. The molecule has 0 aliphatic carbocycles. The molecule has 1 rings (SSSR count). The normalized spacial score (nSPS) is 13.3. The minimum atomic E-state index is -0.0561. The van der Waals surface area contributed by atoms with Crippen LogP contribution >= 0.6 is 0 Å². The van der Waals surface area contributed by atoms with Crippen LogP contribution < -0.4 is 5.73 Å². The van der Waals surface area contributed by atoms with Gasteiger partial charge in [0.05, 0.1) is 0 Å². The maximum absolute atomic E-state index is 12.6. The summed E-state index contributed by atoms with van der Waals surface area (Å²) in [7, 11) is 3.96. The van der Waals surface area contributed by atoms with E-state index in [1.807, 2.05) is 37.7 Å². The molecule has 0 saturated heterocycles. The molecule has 0 fully saturated rings. The zero-order chi connectivity index (χ0) is 16.0. The van der Waals surface area contributed by atoms with Gasteiger partial charge in [-0.25, -0.2) is 0 Å². The first-order valence-electron chi connectivity index (χ1n) is 6.94. The molecule has 0 heterocycles. The lowest BCUT2D eigenvalue weighted by molar-refractivity contribution is 0.0679. The molecule has 1 aromatic rings. The van der Waals surface area contributed by atoms with Gasteiger partial charge in [0, 0.05) is 30.3 Å². The van der Waals surface area contributed by atoms with Gasteiger partial charge in [-0.15, -0.1) is 0 Å². The molecule has 1 amide bonds. The van der Waals surface area contributed by atoms with Crippen molar-refractivity contribution < 1.29 is 10.0 Å². The van der Waals surface area contributed by atoms with E-state index >= 15 is 0 Å². The Morgan fingerprint density at radius 1 is 1.38 bits per heavy atom. The summed E-state index contributed by atoms with van der Waals surface area (Å²) < 4.78 is 0. The molecule has 6 nitrogen and oxygen atoms in total. The smallest absolute Gasteiger partial charge is 0.254 e. The molecule has 6 heteroatoms. The van der Waals surface area contributed by atoms with Gasteiger partial charge in [0.2, 0.25) is 0 Å². The zero-order valence-electron chi connectivity index (χ0n) is 13.1. The van der Waals surface area contributed by atoms with Crippen molar-refractivity contribution in [2.75, 3.05) is 27.2 Å². The second kappa shape index (κ2) is 7.64. The van der Waals surface area contributed by atoms with Gasteiger partial charge in [0.15, 0.2) is 5.84 Å². The van der Waals surface area contributed by atoms with Crippen LogP contribution in [0.1, 0.15) is 29.8 Å². The number of likely N-dealkylation sites (N-methyl/N-ethyl adjacent to an activating group) is 2. The number of amidine groups is 1. The minimum Gasteiger partial charge on any atom is -0.409 e. The quantitative estimate of drug-likeness (QED) is 0.357. The van der Waals surface area contributed by atoms with Crippen LogP contribution in [0.4, 0.5) is 0 Å². The first-order valence-corrected chi connectivity index (χ1v) is 6.94. The second-order valence-electron chi connectivity index (χ2n) is 5.27. The zero-order valence-corrected chi connectivity index (χ0v) is 13.1. The fourth-order valence-electron chi connectivity index (χ4n) is 2.32. The van der Waals surface area contributed by atoms with E-state index in [0.29, 0.717) is 17.7 Å². The van der Waals surface area contributed by atoms with E-state index in [-0.39, 0.29) is 17.8 Å². The van der Waals surface area contributed by atoms with Gasteiger partial charge in [-0.05, 0) is 40.1 Å². The molecule has 0 aliphatic rings. The lowest BCUT2D eigenvalue weighted by Crippen LogP contribution is -2.43. The first-order chi connectivity index (χ1) is 9.90. The number of benzene rings is 1. The fraction of sp³-hybridized carbons (Fsp3) is 0.467. The standard InChI is InChI=1S/C15H24N4O2/c1-5-19(11(2)10-18(3)4)15(20)13-8-6-7-12(9-13)14(16)17-21/h6-9,11,21H,5,10H2,1-4H3,(H2,16,17). The topological polar surface area (TPSA) is 82.2 Å². The van der Waals surface area contributed by atoms with Crippen molar-refractivity contribution >= 4 is 11.7 Å². The van der Waals surface area contributed by atoms with E-state index in [0.717, 1.165) is 6.54 Å². The monoisotopic (exact) mass is 292 g/mol. The Hall–Kier alpha value is -2.08. The summed E-state index contributed by atoms with van der Waals surface area (Å²) in [6.45, 7) is 5.40. The van der Waals surface area contributed by atoms with Crippen LogP contribution in [0.15, 0.2) is 29.4 Å². The van der Waals surface area contributed by atoms with Crippen molar-refractivity contribution in [1.29, 1.82) is 0 Å². The molecule has 116 valence electrons. The van der Waals surface area contributed by atoms with Crippen LogP contribution in [0.3, 0.4) is 0 Å². The number of hydrogen-bond acceptors (Lipinski definition) is 4. The number of rotatable bonds is 6. The van der Waals surface area contributed by atoms with Crippen LogP contribution in [0.5, 0.6) is 0 Å². The Morgan fingerprint density at radius 2 is 2.00 bits per heavy atom. The molecule has 1 atom stereocenters. The summed E-state index contributed by atoms with van der Waals surface area (Å²) in [5, 5.41) is 11.7. The average molecular weight is 292 g/mol. The van der Waals surface area contributed by atoms with Crippen LogP contribution in [0.2, 0.25) is 0 Å². The molecule has 0 saturated carbocycles. The van der Waals surface area contributed by atoms with E-state index in [1.165, 1.54) is 0 Å². The number of carbonyl (C=O) groups excluding carboxylic acids is 1. The van der Waals surface area contributed by atoms with Gasteiger partial charge in [-0.1, -0.05) is 17.3 Å². The largest absolute Gasteiger partial charge is 0.409 e. The summed E-state index contributed by atoms with van der Waals surface area (Å²) in [5.41, 5.74) is 6.63. The third-order valence-electron chi connectivity index (χ3n) is 3.28. The summed E-state index contributed by atoms with van der Waals surface area (Å²) in [5.74, 6) is -0.0616. The predicted octanol–water partition coefficient (Wildman–Crippen LogP) is 1.19. The van der Waals surface area contributed by atoms with Crippen molar-refractivity contribution in [1.82, 2.24) is 9.80 Å². The van der Waals surface area contributed by atoms with Gasteiger partial charge >= 0.3 is 0 Å². The van der Waals surface area contributed by atoms with Crippen LogP contribution in [0.25, 0.3) is 0 Å². The van der Waals surface area contributed by atoms with Crippen molar-refractivity contribution in [3.8, 4) is 0 Å². The Labute approximate surface area is 125 Å². The van der Waals surface area contributed by atoms with Gasteiger partial charge in [-0.2, -0.15) is 0 Å². The Morgan fingerprint density at radius 3 is 2.52 bits per heavy atom. The maximum Gasteiger partial charge on any atom is 0.254 e. The number of nitrogens with two attached hydrogens (primary N) is 1. The summed E-state index contributed by atoms with van der Waals surface area (Å²) in [6.07, 6.45) is 0. The molecule has 1 unspecified atom stereocenters. The third-order valence-corrected chi connectivity index (χ3v) is 3.28. The van der Waals surface area contributed by atoms with E-state index < -0.39 is 0 Å². The number of hydrogen-bond donors (Lipinski definition) is 2. The number of nitrogens with zero attached hydrogens (tertiary/aromatic N) is 3. The fourth-order valence-corrected chi connectivity index (χ4v) is 2.32. The molecule has 0 radical (unpaired) electrons. The highest BCUT2D eigenvalue weighted by atomic mass is 16.4. The van der Waals surface area contributed by atoms with Gasteiger partial charge in [-0.3, -0.25) is 4.79 Å². The van der Waals surface area contributed by atoms with Crippen molar-refractivity contribution in [3.05, 3.63) is 35.4 Å². The molecule has 0 aliphatic heterocycles. The van der Waals surface area contributed by atoms with Gasteiger partial charge in [0.25, 0.3) is 5.91 Å². The van der Waals surface area contributed by atoms with E-state index in [1.54, 1.807) is 24.3 Å². The van der Waals surface area contributed by atoms with E-state index in [9.17, 15) is 4.79 Å². The van der Waals surface area contributed by atoms with Crippen LogP contribution in [0, 0.1) is 0 Å². The third kappa shape index (κ3) is 4.46. The lowest BCUT2D eigenvalue weighted by Gasteiger charge is -2.30. The predicted molar refractivity (Wildman–Crippen MR) is 83.7 cm³/mol. The van der Waals surface area contributed by atoms with E-state index in [2.05, 4.69) is 5.16 Å². The summed E-state index contributed by atoms with van der Waals surface area (Å²) in [4.78, 5) is 16.5. The molecular formula is C15H24N4O2. The number of amides is 1. The molecule has 3 N–H and O–H groups in total. The molecule has 21 heavy (non-hydrogen) atoms. The number of carbonyl (C=O) groups is 1. The molecule has 1 aromatic carbocycles. The molecular weight excluding hydrogens is 268 g/mol. The molecule has 0 spiro atoms. The minimum absolute atomic E-state index is 0.00552. The summed E-state index contributed by atoms with van der Waals surface area (Å²) in [6, 6.07) is 6.91. The van der Waals surface area contributed by atoms with E-state index in [4.69, 9.17) is 10.9 Å². The highest BCUT2D eigenvalue weighted by Gasteiger charge is 2.20. The first kappa shape index (κ1) is 17.0. The van der Waals surface area contributed by atoms with Gasteiger partial charge < -0.3 is 20.7 Å². The Kier molecular flexibility index (Phi) is 6.17. The highest BCUT2D eigenvalue weighted by molar-refractivity contribution is 6.01. The van der Waals surface area contributed by atoms with Crippen LogP contribution in [-0.4, -0.2) is 60.0 Å². The Balaban J connectivity index is 3.00. The SMILES string of the molecule is CCN(C(=O)c1cccc(/C(N)=N/O)c1)C(C)CN(C)C. The van der Waals surface area contributed by atoms with Crippen LogP contribution in [-0.2, 0) is 0 Å². The number of oxime groups is 1. The van der Waals surface area contributed by atoms with Crippen molar-refractivity contribution in [2.45, 2.75) is 19.9 Å². The molecule has 0 bridgehead atoms. The second-order valence-corrected chi connectivity index (χ2v) is 5.27.